The van der Waals surface area contributed by atoms with Gasteiger partial charge in [-0.05, 0) is 11.6 Å². The molecular formula is C18H16ClF3N4. The first kappa shape index (κ1) is 18.3. The molecule has 1 N–H and O–H groups in total. The normalized spacial score (nSPS) is 11.5. The molecule has 1 aromatic carbocycles. The van der Waals surface area contributed by atoms with Crippen molar-refractivity contribution < 1.29 is 13.2 Å². The topological polar surface area (TPSA) is 42.7 Å². The van der Waals surface area contributed by atoms with Crippen LogP contribution in [0.3, 0.4) is 0 Å². The number of aromatic nitrogens is 3. The molecule has 0 spiro atoms. The number of nitrogens with one attached hydrogen (secondary N) is 1. The van der Waals surface area contributed by atoms with Gasteiger partial charge in [0.15, 0.2) is 0 Å². The van der Waals surface area contributed by atoms with Gasteiger partial charge < -0.3 is 9.88 Å². The highest BCUT2D eigenvalue weighted by Gasteiger charge is 2.31. The van der Waals surface area contributed by atoms with Crippen molar-refractivity contribution in [1.29, 1.82) is 0 Å². The monoisotopic (exact) mass is 380 g/mol. The van der Waals surface area contributed by atoms with Crippen LogP contribution in [0.4, 0.5) is 19.0 Å². The number of halogens is 4. The minimum atomic E-state index is -4.46. The molecule has 2 heterocycles. The molecule has 0 aliphatic rings. The fourth-order valence-corrected chi connectivity index (χ4v) is 2.74. The fourth-order valence-electron chi connectivity index (χ4n) is 2.51. The van der Waals surface area contributed by atoms with Gasteiger partial charge >= 0.3 is 6.18 Å². The summed E-state index contributed by atoms with van der Waals surface area (Å²) >= 11 is 5.89. The summed E-state index contributed by atoms with van der Waals surface area (Å²) in [6, 6.07) is 10.9. The van der Waals surface area contributed by atoms with E-state index < -0.39 is 11.7 Å². The number of hydrogen-bond acceptors (Lipinski definition) is 3. The van der Waals surface area contributed by atoms with Crippen molar-refractivity contribution in [3.05, 3.63) is 77.0 Å². The Morgan fingerprint density at radius 2 is 1.88 bits per heavy atom. The molecule has 0 aliphatic carbocycles. The molecule has 0 bridgehead atoms. The summed E-state index contributed by atoms with van der Waals surface area (Å²) in [5, 5.41) is 2.89. The first-order valence-electron chi connectivity index (χ1n) is 7.94. The first-order chi connectivity index (χ1) is 12.4. The lowest BCUT2D eigenvalue weighted by atomic mass is 10.2. The minimum absolute atomic E-state index is 0.0625. The number of nitrogens with zero attached hydrogens (tertiary/aromatic N) is 3. The SMILES string of the molecule is FC(F)(F)c1cnc(NCCc2nccn2Cc2ccccc2)c(Cl)c1. The molecule has 0 atom stereocenters. The minimum Gasteiger partial charge on any atom is -0.368 e. The largest absolute Gasteiger partial charge is 0.417 e. The Kier molecular flexibility index (Phi) is 5.46. The molecule has 0 aliphatic heterocycles. The van der Waals surface area contributed by atoms with Gasteiger partial charge in [0.05, 0.1) is 10.6 Å². The molecule has 0 saturated heterocycles. The maximum atomic E-state index is 12.6. The molecule has 0 fully saturated rings. The Hall–Kier alpha value is -2.54. The number of hydrogen-bond donors (Lipinski definition) is 1. The Balaban J connectivity index is 1.60. The number of alkyl halides is 3. The fraction of sp³-hybridized carbons (Fsp3) is 0.222. The maximum absolute atomic E-state index is 12.6. The maximum Gasteiger partial charge on any atom is 0.417 e. The Labute approximate surface area is 153 Å². The average molecular weight is 381 g/mol. The van der Waals surface area contributed by atoms with E-state index >= 15 is 0 Å². The Bertz CT molecular complexity index is 862. The van der Waals surface area contributed by atoms with Crippen molar-refractivity contribution in [2.75, 3.05) is 11.9 Å². The van der Waals surface area contributed by atoms with E-state index in [2.05, 4.69) is 15.3 Å². The van der Waals surface area contributed by atoms with Gasteiger partial charge in [0.2, 0.25) is 0 Å². The third-order valence-corrected chi connectivity index (χ3v) is 4.10. The number of anilines is 1. The summed E-state index contributed by atoms with van der Waals surface area (Å²) in [5.74, 6) is 1.09. The van der Waals surface area contributed by atoms with Crippen LogP contribution in [0, 0.1) is 0 Å². The summed E-state index contributed by atoms with van der Waals surface area (Å²) in [6.45, 7) is 1.15. The molecule has 4 nitrogen and oxygen atoms in total. The van der Waals surface area contributed by atoms with Crippen molar-refractivity contribution in [2.45, 2.75) is 19.1 Å². The molecule has 136 valence electrons. The number of imidazole rings is 1. The number of benzene rings is 1. The zero-order valence-electron chi connectivity index (χ0n) is 13.7. The first-order valence-corrected chi connectivity index (χ1v) is 8.32. The van der Waals surface area contributed by atoms with Crippen molar-refractivity contribution in [1.82, 2.24) is 14.5 Å². The molecule has 0 saturated carbocycles. The molecule has 3 rings (SSSR count). The summed E-state index contributed by atoms with van der Waals surface area (Å²) in [7, 11) is 0. The van der Waals surface area contributed by atoms with Gasteiger partial charge in [0.1, 0.15) is 11.6 Å². The van der Waals surface area contributed by atoms with Gasteiger partial charge in [-0.15, -0.1) is 0 Å². The Morgan fingerprint density at radius 3 is 2.58 bits per heavy atom. The van der Waals surface area contributed by atoms with Crippen LogP contribution in [0.1, 0.15) is 17.0 Å². The van der Waals surface area contributed by atoms with E-state index in [0.717, 1.165) is 23.7 Å². The van der Waals surface area contributed by atoms with Gasteiger partial charge in [-0.2, -0.15) is 13.2 Å². The average Bonchev–Trinajstić information content (AvgIpc) is 3.03. The summed E-state index contributed by atoms with van der Waals surface area (Å²) in [4.78, 5) is 8.10. The Morgan fingerprint density at radius 1 is 1.12 bits per heavy atom. The van der Waals surface area contributed by atoms with E-state index in [0.29, 0.717) is 19.5 Å². The zero-order valence-corrected chi connectivity index (χ0v) is 14.4. The van der Waals surface area contributed by atoms with Crippen molar-refractivity contribution >= 4 is 17.4 Å². The molecule has 26 heavy (non-hydrogen) atoms. The van der Waals surface area contributed by atoms with Gasteiger partial charge in [0.25, 0.3) is 0 Å². The molecule has 2 aromatic heterocycles. The van der Waals surface area contributed by atoms with E-state index in [1.54, 1.807) is 6.20 Å². The van der Waals surface area contributed by atoms with E-state index in [4.69, 9.17) is 11.6 Å². The predicted molar refractivity (Wildman–Crippen MR) is 94.2 cm³/mol. The van der Waals surface area contributed by atoms with Crippen LogP contribution in [0.2, 0.25) is 5.02 Å². The highest BCUT2D eigenvalue weighted by atomic mass is 35.5. The lowest BCUT2D eigenvalue weighted by Crippen LogP contribution is -2.12. The highest BCUT2D eigenvalue weighted by molar-refractivity contribution is 6.32. The van der Waals surface area contributed by atoms with Crippen LogP contribution in [-0.4, -0.2) is 21.1 Å². The third kappa shape index (κ3) is 4.54. The van der Waals surface area contributed by atoms with Crippen molar-refractivity contribution in [2.24, 2.45) is 0 Å². The van der Waals surface area contributed by atoms with E-state index in [9.17, 15) is 13.2 Å². The second-order valence-electron chi connectivity index (χ2n) is 5.69. The van der Waals surface area contributed by atoms with E-state index in [1.807, 2.05) is 41.1 Å². The van der Waals surface area contributed by atoms with Gasteiger partial charge in [-0.3, -0.25) is 0 Å². The van der Waals surface area contributed by atoms with Gasteiger partial charge in [-0.25, -0.2) is 9.97 Å². The van der Waals surface area contributed by atoms with Crippen LogP contribution >= 0.6 is 11.6 Å². The summed E-state index contributed by atoms with van der Waals surface area (Å²) in [6.07, 6.45) is 0.508. The highest BCUT2D eigenvalue weighted by Crippen LogP contribution is 2.32. The van der Waals surface area contributed by atoms with E-state index in [1.165, 1.54) is 0 Å². The molecule has 0 radical (unpaired) electrons. The van der Waals surface area contributed by atoms with Crippen LogP contribution in [0.5, 0.6) is 0 Å². The van der Waals surface area contributed by atoms with Crippen molar-refractivity contribution in [3.8, 4) is 0 Å². The lowest BCUT2D eigenvalue weighted by Gasteiger charge is -2.11. The molecular weight excluding hydrogens is 365 g/mol. The summed E-state index contributed by atoms with van der Waals surface area (Å²) in [5.41, 5.74) is 0.290. The summed E-state index contributed by atoms with van der Waals surface area (Å²) < 4.78 is 39.9. The van der Waals surface area contributed by atoms with Crippen LogP contribution in [0.15, 0.2) is 55.0 Å². The second kappa shape index (κ2) is 7.78. The van der Waals surface area contributed by atoms with Gasteiger partial charge in [-0.1, -0.05) is 41.9 Å². The lowest BCUT2D eigenvalue weighted by molar-refractivity contribution is -0.137. The smallest absolute Gasteiger partial charge is 0.368 e. The number of pyridine rings is 1. The molecule has 0 amide bonds. The predicted octanol–water partition coefficient (Wildman–Crippen LogP) is 4.65. The van der Waals surface area contributed by atoms with E-state index in [-0.39, 0.29) is 10.8 Å². The van der Waals surface area contributed by atoms with Crippen LogP contribution < -0.4 is 5.32 Å². The van der Waals surface area contributed by atoms with Crippen LogP contribution in [-0.2, 0) is 19.1 Å². The quantitative estimate of drug-likeness (QED) is 0.676. The number of rotatable bonds is 6. The zero-order chi connectivity index (χ0) is 18.6. The second-order valence-corrected chi connectivity index (χ2v) is 6.09. The van der Waals surface area contributed by atoms with Gasteiger partial charge in [0, 0.05) is 38.1 Å². The van der Waals surface area contributed by atoms with Crippen molar-refractivity contribution in [3.63, 3.8) is 0 Å². The molecule has 8 heteroatoms. The van der Waals surface area contributed by atoms with Crippen LogP contribution in [0.25, 0.3) is 0 Å². The molecule has 3 aromatic rings. The molecule has 0 unspecified atom stereocenters. The third-order valence-electron chi connectivity index (χ3n) is 3.81. The standard InChI is InChI=1S/C18H16ClF3N4/c19-15-10-14(18(20,21)22)11-25-17(15)24-7-6-16-23-8-9-26(16)12-13-4-2-1-3-5-13/h1-5,8-11H,6-7,12H2,(H,24,25).